The molecule has 0 heterocycles. The van der Waals surface area contributed by atoms with Gasteiger partial charge in [-0.1, -0.05) is 71.4 Å². The summed E-state index contributed by atoms with van der Waals surface area (Å²) in [4.78, 5) is 12.6. The number of phenols is 1. The van der Waals surface area contributed by atoms with Gasteiger partial charge in [0.1, 0.15) is 5.75 Å². The van der Waals surface area contributed by atoms with Gasteiger partial charge in [-0.05, 0) is 107 Å². The number of aryl methyl sites for hydroxylation is 1. The Morgan fingerprint density at radius 3 is 2.08 bits per heavy atom. The minimum atomic E-state index is -0.169. The predicted molar refractivity (Wildman–Crippen MR) is 152 cm³/mol. The molecular weight excluding hydrogens is 442 g/mol. The third kappa shape index (κ3) is 5.41. The van der Waals surface area contributed by atoms with Crippen molar-refractivity contribution in [3.05, 3.63) is 94.0 Å². The van der Waals surface area contributed by atoms with Crippen LogP contribution < -0.4 is 5.32 Å². The molecule has 0 bridgehead atoms. The van der Waals surface area contributed by atoms with Gasteiger partial charge >= 0.3 is 0 Å². The molecule has 0 atom stereocenters. The third-order valence-corrected chi connectivity index (χ3v) is 7.70. The molecule has 3 heteroatoms. The van der Waals surface area contributed by atoms with Crippen LogP contribution in [0.1, 0.15) is 99.0 Å². The number of amides is 1. The highest BCUT2D eigenvalue weighted by atomic mass is 16.3. The van der Waals surface area contributed by atoms with E-state index in [1.54, 1.807) is 24.3 Å². The van der Waals surface area contributed by atoms with E-state index in [1.165, 1.54) is 40.7 Å². The maximum atomic E-state index is 12.6. The number of phenolic OH excluding ortho intramolecular Hbond substituents is 1. The Balaban J connectivity index is 1.62. The molecule has 0 spiro atoms. The summed E-state index contributed by atoms with van der Waals surface area (Å²) in [6, 6.07) is 19.2. The zero-order valence-corrected chi connectivity index (χ0v) is 22.5. The van der Waals surface area contributed by atoms with Crippen molar-refractivity contribution in [2.24, 2.45) is 0 Å². The average Bonchev–Trinajstić information content (AvgIpc) is 2.84. The van der Waals surface area contributed by atoms with E-state index >= 15 is 0 Å². The molecule has 4 rings (SSSR count). The molecule has 1 aliphatic carbocycles. The van der Waals surface area contributed by atoms with Crippen molar-refractivity contribution in [3.63, 3.8) is 0 Å². The fraction of sp³-hybridized carbons (Fsp3) is 0.364. The second-order valence-electron chi connectivity index (χ2n) is 11.5. The topological polar surface area (TPSA) is 49.3 Å². The van der Waals surface area contributed by atoms with Gasteiger partial charge in [0.2, 0.25) is 0 Å². The number of hydrogen-bond donors (Lipinski definition) is 2. The van der Waals surface area contributed by atoms with Crippen LogP contribution in [0.2, 0.25) is 0 Å². The molecule has 1 amide bonds. The largest absolute Gasteiger partial charge is 0.508 e. The van der Waals surface area contributed by atoms with Crippen LogP contribution in [0.5, 0.6) is 5.75 Å². The Kier molecular flexibility index (Phi) is 7.13. The summed E-state index contributed by atoms with van der Waals surface area (Å²) >= 11 is 0. The van der Waals surface area contributed by atoms with E-state index in [0.29, 0.717) is 11.3 Å². The van der Waals surface area contributed by atoms with Crippen molar-refractivity contribution in [3.8, 4) is 5.75 Å². The van der Waals surface area contributed by atoms with Gasteiger partial charge in [-0.25, -0.2) is 0 Å². The fourth-order valence-corrected chi connectivity index (χ4v) is 5.31. The molecule has 3 aromatic carbocycles. The summed E-state index contributed by atoms with van der Waals surface area (Å²) in [5, 5.41) is 12.3. The molecule has 1 aliphatic rings. The smallest absolute Gasteiger partial charge is 0.255 e. The van der Waals surface area contributed by atoms with Crippen LogP contribution in [0.4, 0.5) is 5.69 Å². The molecule has 0 radical (unpaired) electrons. The number of fused-ring (bicyclic) bond motifs is 1. The van der Waals surface area contributed by atoms with E-state index in [4.69, 9.17) is 0 Å². The quantitative estimate of drug-likeness (QED) is 0.274. The summed E-state index contributed by atoms with van der Waals surface area (Å²) in [6.07, 6.45) is 6.84. The van der Waals surface area contributed by atoms with E-state index in [-0.39, 0.29) is 22.5 Å². The lowest BCUT2D eigenvalue weighted by molar-refractivity contribution is 0.102. The number of aromatic hydroxyl groups is 1. The van der Waals surface area contributed by atoms with E-state index in [9.17, 15) is 9.90 Å². The van der Waals surface area contributed by atoms with Crippen molar-refractivity contribution in [2.75, 3.05) is 5.32 Å². The number of allylic oxidation sites excluding steroid dienone is 1. The number of carbonyl (C=O) groups excluding carboxylic acids is 1. The summed E-state index contributed by atoms with van der Waals surface area (Å²) in [7, 11) is 0. The maximum Gasteiger partial charge on any atom is 0.255 e. The Morgan fingerprint density at radius 1 is 0.917 bits per heavy atom. The van der Waals surface area contributed by atoms with Crippen LogP contribution in [-0.4, -0.2) is 11.0 Å². The van der Waals surface area contributed by atoms with Gasteiger partial charge in [0.15, 0.2) is 0 Å². The van der Waals surface area contributed by atoms with Gasteiger partial charge in [-0.2, -0.15) is 0 Å². The molecule has 188 valence electrons. The lowest BCUT2D eigenvalue weighted by Crippen LogP contribution is -2.34. The second kappa shape index (κ2) is 9.97. The third-order valence-electron chi connectivity index (χ3n) is 7.70. The SMILES string of the molecule is CCCc1cc2c(cc1/C(C)=C/c1ccc(C(=O)Nc3ccc(O)cc3)cc1)C(C)(C)CCC2(C)C. The standard InChI is InChI=1S/C33H39NO2/c1-7-8-25-20-29-30(33(5,6)18-17-32(29,3)4)21-28(25)22(2)19-23-9-11-24(12-10-23)31(36)34-26-13-15-27(35)16-14-26/h9-16,19-21,35H,7-8,17-18H2,1-6H3,(H,34,36)/b22-19+. The zero-order valence-electron chi connectivity index (χ0n) is 22.5. The molecule has 3 aromatic rings. The van der Waals surface area contributed by atoms with Gasteiger partial charge in [0.25, 0.3) is 5.91 Å². The first-order chi connectivity index (χ1) is 17.0. The van der Waals surface area contributed by atoms with Gasteiger partial charge in [-0.15, -0.1) is 0 Å². The predicted octanol–water partition coefficient (Wildman–Crippen LogP) is 8.51. The molecule has 0 aromatic heterocycles. The van der Waals surface area contributed by atoms with Crippen molar-refractivity contribution >= 4 is 23.2 Å². The van der Waals surface area contributed by atoms with Gasteiger partial charge < -0.3 is 10.4 Å². The summed E-state index contributed by atoms with van der Waals surface area (Å²) in [5.74, 6) is 0.00510. The number of benzene rings is 3. The number of nitrogens with one attached hydrogen (secondary N) is 1. The van der Waals surface area contributed by atoms with Gasteiger partial charge in [0, 0.05) is 11.3 Å². The van der Waals surface area contributed by atoms with Crippen molar-refractivity contribution in [1.29, 1.82) is 0 Å². The highest BCUT2D eigenvalue weighted by Gasteiger charge is 2.37. The summed E-state index contributed by atoms with van der Waals surface area (Å²) < 4.78 is 0. The Bertz CT molecular complexity index is 1280. The summed E-state index contributed by atoms with van der Waals surface area (Å²) in [5.41, 5.74) is 9.75. The number of carbonyl (C=O) groups is 1. The van der Waals surface area contributed by atoms with Crippen molar-refractivity contribution in [2.45, 2.75) is 78.1 Å². The molecule has 2 N–H and O–H groups in total. The number of anilines is 1. The van der Waals surface area contributed by atoms with Crippen LogP contribution in [0, 0.1) is 0 Å². The minimum absolute atomic E-state index is 0.169. The Hall–Kier alpha value is -3.33. The fourth-order valence-electron chi connectivity index (χ4n) is 5.31. The molecule has 0 aliphatic heterocycles. The number of rotatable bonds is 6. The van der Waals surface area contributed by atoms with Crippen LogP contribution in [0.3, 0.4) is 0 Å². The highest BCUT2D eigenvalue weighted by Crippen LogP contribution is 2.47. The molecule has 3 nitrogen and oxygen atoms in total. The summed E-state index contributed by atoms with van der Waals surface area (Å²) in [6.45, 7) is 14.0. The molecule has 0 unspecified atom stereocenters. The molecular formula is C33H39NO2. The van der Waals surface area contributed by atoms with Gasteiger partial charge in [-0.3, -0.25) is 4.79 Å². The molecule has 0 saturated heterocycles. The first kappa shape index (κ1) is 25.8. The molecule has 0 fully saturated rings. The Morgan fingerprint density at radius 2 is 1.50 bits per heavy atom. The van der Waals surface area contributed by atoms with Crippen molar-refractivity contribution in [1.82, 2.24) is 0 Å². The average molecular weight is 482 g/mol. The first-order valence-corrected chi connectivity index (χ1v) is 13.1. The lowest BCUT2D eigenvalue weighted by Gasteiger charge is -2.42. The van der Waals surface area contributed by atoms with E-state index in [0.717, 1.165) is 18.4 Å². The highest BCUT2D eigenvalue weighted by molar-refractivity contribution is 6.04. The molecule has 0 saturated carbocycles. The zero-order chi connectivity index (χ0) is 26.1. The van der Waals surface area contributed by atoms with E-state index in [1.807, 2.05) is 24.3 Å². The van der Waals surface area contributed by atoms with Gasteiger partial charge in [0.05, 0.1) is 0 Å². The van der Waals surface area contributed by atoms with Crippen molar-refractivity contribution < 1.29 is 9.90 Å². The van der Waals surface area contributed by atoms with Crippen LogP contribution in [0.15, 0.2) is 60.7 Å². The molecule has 36 heavy (non-hydrogen) atoms. The lowest BCUT2D eigenvalue weighted by atomic mass is 9.62. The first-order valence-electron chi connectivity index (χ1n) is 13.1. The maximum absolute atomic E-state index is 12.6. The van der Waals surface area contributed by atoms with Crippen LogP contribution >= 0.6 is 0 Å². The second-order valence-corrected chi connectivity index (χ2v) is 11.5. The normalized spacial score (nSPS) is 16.3. The monoisotopic (exact) mass is 481 g/mol. The van der Waals surface area contributed by atoms with E-state index in [2.05, 4.69) is 65.1 Å². The minimum Gasteiger partial charge on any atom is -0.508 e. The van der Waals surface area contributed by atoms with Crippen LogP contribution in [-0.2, 0) is 17.3 Å². The Labute approximate surface area is 216 Å². The van der Waals surface area contributed by atoms with Crippen LogP contribution in [0.25, 0.3) is 11.6 Å². The van der Waals surface area contributed by atoms with E-state index < -0.39 is 0 Å². The number of hydrogen-bond acceptors (Lipinski definition) is 2.